The van der Waals surface area contributed by atoms with Crippen molar-refractivity contribution in [2.75, 3.05) is 26.2 Å². The second-order valence-electron chi connectivity index (χ2n) is 14.8. The Labute approximate surface area is 292 Å². The van der Waals surface area contributed by atoms with E-state index >= 15 is 4.39 Å². The normalized spacial score (nSPS) is 15.8. The molecule has 11 heteroatoms. The van der Waals surface area contributed by atoms with Gasteiger partial charge in [-0.05, 0) is 97.4 Å². The number of esters is 1. The Hall–Kier alpha value is -3.99. The van der Waals surface area contributed by atoms with Gasteiger partial charge in [-0.3, -0.25) is 14.4 Å². The molecule has 1 saturated heterocycles. The molecular formula is C39H49F4N3O4. The van der Waals surface area contributed by atoms with Gasteiger partial charge in [0.15, 0.2) is 0 Å². The number of hydrogen-bond donors (Lipinski definition) is 1. The van der Waals surface area contributed by atoms with Gasteiger partial charge in [-0.15, -0.1) is 0 Å². The molecule has 0 saturated carbocycles. The standard InChI is InChI=1S/C39H49F4N3O4/c1-9-50-34(48)19-31(29-17-28(16-26(6)36(29)40)35-24(4)11-10-12-25(35)5)44-37(49)32(15-23(2)3)46-20-27(13-14-45-21-38(7,8)22-45)30(18-33(46)47)39(41,42)43/h10-12,16-18,20,23,31-32H,9,13-15,19,21-22H2,1-8H3,(H,44,49)/t31-,32?/m0/s1. The van der Waals surface area contributed by atoms with Gasteiger partial charge >= 0.3 is 12.1 Å². The number of ether oxygens (including phenoxy) is 1. The van der Waals surface area contributed by atoms with Gasteiger partial charge in [-0.1, -0.05) is 45.9 Å². The van der Waals surface area contributed by atoms with E-state index in [4.69, 9.17) is 4.74 Å². The molecule has 2 heterocycles. The summed E-state index contributed by atoms with van der Waals surface area (Å²) in [5.74, 6) is -2.16. The van der Waals surface area contributed by atoms with Crippen molar-refractivity contribution in [3.05, 3.63) is 92.1 Å². The Morgan fingerprint density at radius 1 is 1.02 bits per heavy atom. The van der Waals surface area contributed by atoms with Gasteiger partial charge in [-0.2, -0.15) is 13.2 Å². The average Bonchev–Trinajstić information content (AvgIpc) is 2.98. The zero-order valence-electron chi connectivity index (χ0n) is 30.3. The summed E-state index contributed by atoms with van der Waals surface area (Å²) in [4.78, 5) is 42.5. The summed E-state index contributed by atoms with van der Waals surface area (Å²) in [6, 6.07) is 7.25. The van der Waals surface area contributed by atoms with Crippen LogP contribution in [0.25, 0.3) is 11.1 Å². The number of carbonyl (C=O) groups excluding carboxylic acids is 2. The third-order valence-corrected chi connectivity index (χ3v) is 9.22. The van der Waals surface area contributed by atoms with Gasteiger partial charge in [0.25, 0.3) is 5.56 Å². The van der Waals surface area contributed by atoms with Gasteiger partial charge in [0.1, 0.15) is 11.9 Å². The van der Waals surface area contributed by atoms with E-state index in [2.05, 4.69) is 24.1 Å². The number of pyridine rings is 1. The van der Waals surface area contributed by atoms with Crippen molar-refractivity contribution in [3.8, 4) is 11.1 Å². The molecule has 50 heavy (non-hydrogen) atoms. The van der Waals surface area contributed by atoms with Gasteiger partial charge in [0.05, 0.1) is 24.6 Å². The zero-order chi connectivity index (χ0) is 37.1. The second-order valence-corrected chi connectivity index (χ2v) is 14.8. The lowest BCUT2D eigenvalue weighted by Crippen LogP contribution is -2.53. The number of alkyl halides is 3. The molecule has 0 spiro atoms. The van der Waals surface area contributed by atoms with Crippen LogP contribution in [0.5, 0.6) is 0 Å². The van der Waals surface area contributed by atoms with E-state index in [1.165, 1.54) is 0 Å². The molecule has 1 amide bonds. The number of hydrogen-bond acceptors (Lipinski definition) is 5. The summed E-state index contributed by atoms with van der Waals surface area (Å²) >= 11 is 0. The van der Waals surface area contributed by atoms with Crippen LogP contribution in [-0.4, -0.2) is 47.6 Å². The molecule has 0 radical (unpaired) electrons. The van der Waals surface area contributed by atoms with E-state index in [0.717, 1.165) is 40.5 Å². The molecule has 1 fully saturated rings. The van der Waals surface area contributed by atoms with Crippen LogP contribution >= 0.6 is 0 Å². The monoisotopic (exact) mass is 699 g/mol. The van der Waals surface area contributed by atoms with Crippen LogP contribution in [-0.2, 0) is 26.9 Å². The van der Waals surface area contributed by atoms with E-state index in [9.17, 15) is 27.6 Å². The highest BCUT2D eigenvalue weighted by atomic mass is 19.4. The number of aryl methyl sites for hydroxylation is 3. The quantitative estimate of drug-likeness (QED) is 0.145. The van der Waals surface area contributed by atoms with Crippen molar-refractivity contribution in [1.29, 1.82) is 0 Å². The Kier molecular flexibility index (Phi) is 12.0. The molecule has 2 aromatic carbocycles. The Morgan fingerprint density at radius 2 is 1.66 bits per heavy atom. The third-order valence-electron chi connectivity index (χ3n) is 9.22. The lowest BCUT2D eigenvalue weighted by Gasteiger charge is -2.46. The third kappa shape index (κ3) is 9.21. The van der Waals surface area contributed by atoms with Crippen molar-refractivity contribution in [2.45, 2.75) is 92.9 Å². The highest BCUT2D eigenvalue weighted by Crippen LogP contribution is 2.36. The summed E-state index contributed by atoms with van der Waals surface area (Å²) in [5.41, 5.74) is 1.86. The SMILES string of the molecule is CCOC(=O)C[C@H](NC(=O)C(CC(C)C)n1cc(CCN2CC(C)(C)C2)c(C(F)(F)F)cc1=O)c1cc(-c2c(C)cccc2C)cc(C)c1F. The first-order valence-corrected chi connectivity index (χ1v) is 17.2. The molecule has 2 atom stereocenters. The van der Waals surface area contributed by atoms with Gasteiger partial charge in [0.2, 0.25) is 5.91 Å². The minimum Gasteiger partial charge on any atom is -0.466 e. The molecule has 272 valence electrons. The largest absolute Gasteiger partial charge is 0.466 e. The van der Waals surface area contributed by atoms with Crippen LogP contribution in [0.1, 0.15) is 92.9 Å². The number of aromatic nitrogens is 1. The van der Waals surface area contributed by atoms with Crippen molar-refractivity contribution >= 4 is 11.9 Å². The van der Waals surface area contributed by atoms with Crippen molar-refractivity contribution in [3.63, 3.8) is 0 Å². The fraction of sp³-hybridized carbons (Fsp3) is 0.513. The lowest BCUT2D eigenvalue weighted by atomic mass is 9.84. The fourth-order valence-corrected chi connectivity index (χ4v) is 7.05. The number of likely N-dealkylation sites (tertiary alicyclic amines) is 1. The molecule has 0 aliphatic carbocycles. The number of rotatable bonds is 13. The molecule has 1 N–H and O–H groups in total. The topological polar surface area (TPSA) is 80.6 Å². The summed E-state index contributed by atoms with van der Waals surface area (Å²) in [6.07, 6.45) is -3.89. The Balaban J connectivity index is 1.77. The highest BCUT2D eigenvalue weighted by molar-refractivity contribution is 5.82. The van der Waals surface area contributed by atoms with Gasteiger partial charge < -0.3 is 19.5 Å². The van der Waals surface area contributed by atoms with E-state index in [1.54, 1.807) is 26.0 Å². The average molecular weight is 700 g/mol. The summed E-state index contributed by atoms with van der Waals surface area (Å²) in [5, 5.41) is 2.80. The predicted octanol–water partition coefficient (Wildman–Crippen LogP) is 7.88. The van der Waals surface area contributed by atoms with Crippen molar-refractivity contribution < 1.29 is 31.9 Å². The maximum atomic E-state index is 16.0. The molecular weight excluding hydrogens is 650 g/mol. The van der Waals surface area contributed by atoms with E-state index in [1.807, 2.05) is 45.9 Å². The van der Waals surface area contributed by atoms with Crippen LogP contribution in [0.2, 0.25) is 0 Å². The molecule has 0 bridgehead atoms. The van der Waals surface area contributed by atoms with Gasteiger partial charge in [0, 0.05) is 37.5 Å². The summed E-state index contributed by atoms with van der Waals surface area (Å²) in [7, 11) is 0. The first-order chi connectivity index (χ1) is 23.3. The molecule has 1 aromatic heterocycles. The number of carbonyl (C=O) groups is 2. The molecule has 1 aliphatic heterocycles. The lowest BCUT2D eigenvalue weighted by molar-refractivity contribution is -0.144. The van der Waals surface area contributed by atoms with Crippen LogP contribution in [0.4, 0.5) is 17.6 Å². The van der Waals surface area contributed by atoms with Crippen molar-refractivity contribution in [1.82, 2.24) is 14.8 Å². The molecule has 7 nitrogen and oxygen atoms in total. The number of amides is 1. The van der Waals surface area contributed by atoms with Gasteiger partial charge in [-0.25, -0.2) is 4.39 Å². The zero-order valence-corrected chi connectivity index (χ0v) is 30.3. The smallest absolute Gasteiger partial charge is 0.416 e. The molecule has 4 rings (SSSR count). The predicted molar refractivity (Wildman–Crippen MR) is 186 cm³/mol. The minimum absolute atomic E-state index is 0.0301. The van der Waals surface area contributed by atoms with Crippen LogP contribution < -0.4 is 10.9 Å². The number of nitrogens with zero attached hydrogens (tertiary/aromatic N) is 2. The second kappa shape index (κ2) is 15.5. The summed E-state index contributed by atoms with van der Waals surface area (Å²) in [6.45, 7) is 16.9. The van der Waals surface area contributed by atoms with E-state index in [-0.39, 0.29) is 41.9 Å². The Morgan fingerprint density at radius 3 is 2.22 bits per heavy atom. The first-order valence-electron chi connectivity index (χ1n) is 17.2. The maximum absolute atomic E-state index is 16.0. The summed E-state index contributed by atoms with van der Waals surface area (Å²) < 4.78 is 64.8. The number of nitrogens with one attached hydrogen (secondary N) is 1. The minimum atomic E-state index is -4.77. The number of benzene rings is 2. The van der Waals surface area contributed by atoms with Crippen LogP contribution in [0, 0.1) is 37.9 Å². The van der Waals surface area contributed by atoms with E-state index < -0.39 is 53.5 Å². The Bertz CT molecular complexity index is 1750. The molecule has 1 aliphatic rings. The van der Waals surface area contributed by atoms with E-state index in [0.29, 0.717) is 23.7 Å². The van der Waals surface area contributed by atoms with Crippen molar-refractivity contribution in [2.24, 2.45) is 11.3 Å². The molecule has 3 aromatic rings. The first kappa shape index (κ1) is 38.8. The highest BCUT2D eigenvalue weighted by Gasteiger charge is 2.38. The van der Waals surface area contributed by atoms with Crippen LogP contribution in [0.3, 0.4) is 0 Å². The fourth-order valence-electron chi connectivity index (χ4n) is 7.05. The van der Waals surface area contributed by atoms with Crippen LogP contribution in [0.15, 0.2) is 47.4 Å². The number of halogens is 4. The maximum Gasteiger partial charge on any atom is 0.416 e. The molecule has 1 unspecified atom stereocenters.